The van der Waals surface area contributed by atoms with Crippen molar-refractivity contribution in [3.8, 4) is 17.2 Å². The lowest BCUT2D eigenvalue weighted by atomic mass is 10.2. The lowest BCUT2D eigenvalue weighted by molar-refractivity contribution is -0.123. The van der Waals surface area contributed by atoms with Gasteiger partial charge in [0, 0.05) is 6.07 Å². The van der Waals surface area contributed by atoms with Gasteiger partial charge in [0.05, 0.1) is 17.8 Å². The molecule has 2 rings (SSSR count). The molecule has 0 radical (unpaired) electrons. The summed E-state index contributed by atoms with van der Waals surface area (Å²) in [5.74, 6) is -2.35. The van der Waals surface area contributed by atoms with Gasteiger partial charge in [-0.25, -0.2) is 14.2 Å². The van der Waals surface area contributed by atoms with Gasteiger partial charge in [-0.1, -0.05) is 0 Å². The summed E-state index contributed by atoms with van der Waals surface area (Å²) < 4.78 is 36.4. The van der Waals surface area contributed by atoms with Crippen LogP contribution < -0.4 is 14.9 Å². The largest absolute Gasteiger partial charge is 0.503 e. The van der Waals surface area contributed by atoms with Gasteiger partial charge >= 0.3 is 0 Å². The van der Waals surface area contributed by atoms with Crippen LogP contribution in [0.3, 0.4) is 0 Å². The van der Waals surface area contributed by atoms with Crippen molar-refractivity contribution in [3.05, 3.63) is 52.0 Å². The van der Waals surface area contributed by atoms with Crippen LogP contribution in [0.5, 0.6) is 17.2 Å². The van der Waals surface area contributed by atoms with Crippen molar-refractivity contribution in [3.63, 3.8) is 0 Å². The molecule has 9 heteroatoms. The van der Waals surface area contributed by atoms with Crippen LogP contribution in [-0.2, 0) is 4.79 Å². The summed E-state index contributed by atoms with van der Waals surface area (Å²) in [4.78, 5) is 11.6. The topological polar surface area (TPSA) is 80.2 Å². The van der Waals surface area contributed by atoms with Gasteiger partial charge in [0.25, 0.3) is 5.91 Å². The first kappa shape index (κ1) is 18.7. The highest BCUT2D eigenvalue weighted by Gasteiger charge is 2.09. The molecule has 2 aromatic rings. The molecule has 25 heavy (non-hydrogen) atoms. The highest BCUT2D eigenvalue weighted by Crippen LogP contribution is 2.34. The zero-order valence-electron chi connectivity index (χ0n) is 12.9. The van der Waals surface area contributed by atoms with Crippen LogP contribution in [0.4, 0.5) is 8.78 Å². The molecule has 0 saturated heterocycles. The number of hydrazone groups is 1. The van der Waals surface area contributed by atoms with Crippen molar-refractivity contribution in [1.29, 1.82) is 0 Å². The Morgan fingerprint density at radius 1 is 1.32 bits per heavy atom. The Morgan fingerprint density at radius 3 is 2.76 bits per heavy atom. The lowest BCUT2D eigenvalue weighted by Gasteiger charge is -2.07. The molecule has 132 valence electrons. The van der Waals surface area contributed by atoms with Crippen LogP contribution >= 0.6 is 15.9 Å². The number of hydrogen-bond acceptors (Lipinski definition) is 5. The van der Waals surface area contributed by atoms with Gasteiger partial charge in [0.2, 0.25) is 0 Å². The zero-order valence-corrected chi connectivity index (χ0v) is 14.5. The molecule has 2 N–H and O–H groups in total. The molecule has 0 saturated carbocycles. The van der Waals surface area contributed by atoms with E-state index >= 15 is 0 Å². The maximum absolute atomic E-state index is 13.4. The Labute approximate surface area is 150 Å². The molecule has 6 nitrogen and oxygen atoms in total. The molecule has 0 fully saturated rings. The first-order valence-electron chi connectivity index (χ1n) is 6.87. The van der Waals surface area contributed by atoms with Crippen LogP contribution in [-0.4, -0.2) is 30.9 Å². The van der Waals surface area contributed by atoms with Crippen molar-refractivity contribution in [2.24, 2.45) is 5.10 Å². The predicted octanol–water partition coefficient (Wildman–Crippen LogP) is 2.97. The second-order valence-corrected chi connectivity index (χ2v) is 5.56. The number of hydrogen-bond donors (Lipinski definition) is 2. The van der Waals surface area contributed by atoms with Crippen molar-refractivity contribution in [2.75, 3.05) is 13.7 Å². The Kier molecular flexibility index (Phi) is 6.29. The maximum atomic E-state index is 13.4. The molecule has 0 spiro atoms. The van der Waals surface area contributed by atoms with E-state index in [0.717, 1.165) is 12.1 Å². The van der Waals surface area contributed by atoms with E-state index in [1.165, 1.54) is 19.4 Å². The third-order valence-electron chi connectivity index (χ3n) is 2.93. The summed E-state index contributed by atoms with van der Waals surface area (Å²) in [6, 6.07) is 5.84. The summed E-state index contributed by atoms with van der Waals surface area (Å²) in [7, 11) is 1.40. The van der Waals surface area contributed by atoms with Gasteiger partial charge in [-0.3, -0.25) is 4.79 Å². The molecule has 0 aliphatic heterocycles. The standard InChI is InChI=1S/C16H13BrF2N2O4/c1-24-14-5-9(4-11(17)16(14)23)7-20-21-15(22)8-25-13-3-2-10(18)6-12(13)19/h2-7,23H,8H2,1H3,(H,21,22). The van der Waals surface area contributed by atoms with E-state index < -0.39 is 24.1 Å². The number of rotatable bonds is 6. The fraction of sp³-hybridized carbons (Fsp3) is 0.125. The van der Waals surface area contributed by atoms with E-state index in [4.69, 9.17) is 9.47 Å². The summed E-state index contributed by atoms with van der Waals surface area (Å²) in [6.07, 6.45) is 1.32. The minimum atomic E-state index is -0.905. The van der Waals surface area contributed by atoms with Gasteiger partial charge in [-0.2, -0.15) is 5.10 Å². The minimum Gasteiger partial charge on any atom is -0.503 e. The Hall–Kier alpha value is -2.68. The van der Waals surface area contributed by atoms with Crippen LogP contribution in [0, 0.1) is 11.6 Å². The molecule has 0 aliphatic rings. The van der Waals surface area contributed by atoms with Gasteiger partial charge < -0.3 is 14.6 Å². The molecule has 0 atom stereocenters. The number of nitrogens with one attached hydrogen (secondary N) is 1. The smallest absolute Gasteiger partial charge is 0.277 e. The summed E-state index contributed by atoms with van der Waals surface area (Å²) >= 11 is 3.16. The third kappa shape index (κ3) is 5.15. The number of halogens is 3. The maximum Gasteiger partial charge on any atom is 0.277 e. The van der Waals surface area contributed by atoms with Gasteiger partial charge in [0.1, 0.15) is 5.82 Å². The van der Waals surface area contributed by atoms with Crippen molar-refractivity contribution >= 4 is 28.1 Å². The van der Waals surface area contributed by atoms with E-state index in [0.29, 0.717) is 16.1 Å². The number of benzene rings is 2. The highest BCUT2D eigenvalue weighted by atomic mass is 79.9. The van der Waals surface area contributed by atoms with Crippen molar-refractivity contribution in [2.45, 2.75) is 0 Å². The quantitative estimate of drug-likeness (QED) is 0.562. The molecule has 0 aromatic heterocycles. The first-order valence-corrected chi connectivity index (χ1v) is 7.66. The van der Waals surface area contributed by atoms with E-state index in [2.05, 4.69) is 26.5 Å². The molecular formula is C16H13BrF2N2O4. The lowest BCUT2D eigenvalue weighted by Crippen LogP contribution is -2.24. The SMILES string of the molecule is COc1cc(C=NNC(=O)COc2ccc(F)cc2F)cc(Br)c1O. The molecule has 0 aliphatic carbocycles. The number of ether oxygens (including phenoxy) is 2. The Balaban J connectivity index is 1.91. The van der Waals surface area contributed by atoms with Crippen LogP contribution in [0.2, 0.25) is 0 Å². The van der Waals surface area contributed by atoms with E-state index in [9.17, 15) is 18.7 Å². The summed E-state index contributed by atoms with van der Waals surface area (Å²) in [5.41, 5.74) is 2.74. The Bertz CT molecular complexity index is 815. The third-order valence-corrected chi connectivity index (χ3v) is 3.53. The highest BCUT2D eigenvalue weighted by molar-refractivity contribution is 9.10. The Morgan fingerprint density at radius 2 is 2.08 bits per heavy atom. The molecule has 2 aromatic carbocycles. The first-order chi connectivity index (χ1) is 11.9. The average molecular weight is 415 g/mol. The van der Waals surface area contributed by atoms with Crippen molar-refractivity contribution < 1.29 is 28.2 Å². The van der Waals surface area contributed by atoms with Crippen LogP contribution in [0.1, 0.15) is 5.56 Å². The number of phenols is 1. The fourth-order valence-electron chi connectivity index (χ4n) is 1.77. The number of nitrogens with zero attached hydrogens (tertiary/aromatic N) is 1. The second-order valence-electron chi connectivity index (χ2n) is 4.71. The van der Waals surface area contributed by atoms with Crippen molar-refractivity contribution in [1.82, 2.24) is 5.43 Å². The molecule has 0 bridgehead atoms. The number of methoxy groups -OCH3 is 1. The molecule has 1 amide bonds. The zero-order chi connectivity index (χ0) is 18.4. The number of phenolic OH excluding ortho intramolecular Hbond substituents is 1. The fourth-order valence-corrected chi connectivity index (χ4v) is 2.23. The molecular weight excluding hydrogens is 402 g/mol. The summed E-state index contributed by atoms with van der Waals surface area (Å²) in [5, 5.41) is 13.4. The molecule has 0 unspecified atom stereocenters. The second kappa shape index (κ2) is 8.43. The predicted molar refractivity (Wildman–Crippen MR) is 89.9 cm³/mol. The monoisotopic (exact) mass is 414 g/mol. The normalized spacial score (nSPS) is 10.7. The van der Waals surface area contributed by atoms with E-state index in [-0.39, 0.29) is 17.2 Å². The number of carbonyl (C=O) groups excluding carboxylic acids is 1. The van der Waals surface area contributed by atoms with Gasteiger partial charge in [0.15, 0.2) is 29.7 Å². The number of amides is 1. The molecule has 0 heterocycles. The van der Waals surface area contributed by atoms with E-state index in [1.54, 1.807) is 6.07 Å². The summed E-state index contributed by atoms with van der Waals surface area (Å²) in [6.45, 7) is -0.498. The average Bonchev–Trinajstić information content (AvgIpc) is 2.57. The van der Waals surface area contributed by atoms with Gasteiger partial charge in [-0.15, -0.1) is 0 Å². The van der Waals surface area contributed by atoms with Crippen LogP contribution in [0.15, 0.2) is 39.9 Å². The minimum absolute atomic E-state index is 0.0570. The number of aromatic hydroxyl groups is 1. The van der Waals surface area contributed by atoms with Crippen LogP contribution in [0.25, 0.3) is 0 Å². The van der Waals surface area contributed by atoms with E-state index in [1.807, 2.05) is 0 Å². The van der Waals surface area contributed by atoms with Gasteiger partial charge in [-0.05, 0) is 45.8 Å². The number of carbonyl (C=O) groups is 1.